The van der Waals surface area contributed by atoms with Crippen LogP contribution < -0.4 is 15.5 Å². The highest BCUT2D eigenvalue weighted by Gasteiger charge is 2.20. The predicted octanol–water partition coefficient (Wildman–Crippen LogP) is 3.54. The molecule has 1 unspecified atom stereocenters. The number of anilines is 2. The molecule has 0 aromatic carbocycles. The van der Waals surface area contributed by atoms with E-state index in [1.54, 1.807) is 30.9 Å². The molecule has 0 aliphatic carbocycles. The fraction of sp³-hybridized carbons (Fsp3) is 0.333. The monoisotopic (exact) mass is 452 g/mol. The van der Waals surface area contributed by atoms with Crippen LogP contribution in [0.4, 0.5) is 11.8 Å². The summed E-state index contributed by atoms with van der Waals surface area (Å²) in [7, 11) is 0. The van der Waals surface area contributed by atoms with Crippen molar-refractivity contribution in [2.45, 2.75) is 36.5 Å². The fourth-order valence-corrected chi connectivity index (χ4v) is 4.22. The summed E-state index contributed by atoms with van der Waals surface area (Å²) >= 11 is 6.86. The van der Waals surface area contributed by atoms with Crippen LogP contribution in [0.1, 0.15) is 25.3 Å². The Hall–Kier alpha value is -2.85. The molecule has 3 aromatic heterocycles. The predicted molar refractivity (Wildman–Crippen MR) is 126 cm³/mol. The van der Waals surface area contributed by atoms with Gasteiger partial charge in [0.1, 0.15) is 10.8 Å². The van der Waals surface area contributed by atoms with E-state index >= 15 is 0 Å². The van der Waals surface area contributed by atoms with Crippen molar-refractivity contribution in [3.05, 3.63) is 54.6 Å². The minimum atomic E-state index is 0.456. The van der Waals surface area contributed by atoms with Crippen molar-refractivity contribution in [2.75, 3.05) is 23.3 Å². The molecule has 0 bridgehead atoms. The summed E-state index contributed by atoms with van der Waals surface area (Å²) in [6.07, 6.45) is 9.40. The van der Waals surface area contributed by atoms with E-state index in [0.29, 0.717) is 28.7 Å². The molecular formula is C21H24N8S2. The molecule has 3 aromatic rings. The second-order valence-corrected chi connectivity index (χ2v) is 8.78. The Kier molecular flexibility index (Phi) is 7.21. The lowest BCUT2D eigenvalue weighted by molar-refractivity contribution is 0.444. The van der Waals surface area contributed by atoms with Crippen LogP contribution in [0.5, 0.6) is 0 Å². The number of nitrogens with zero attached hydrogens (tertiary/aromatic N) is 6. The van der Waals surface area contributed by atoms with Crippen LogP contribution in [0, 0.1) is 5.92 Å². The Balaban J connectivity index is 1.51. The van der Waals surface area contributed by atoms with Crippen LogP contribution in [0.3, 0.4) is 0 Å². The van der Waals surface area contributed by atoms with Crippen molar-refractivity contribution < 1.29 is 0 Å². The average molecular weight is 453 g/mol. The molecule has 31 heavy (non-hydrogen) atoms. The maximum atomic E-state index is 5.46. The number of aromatic nitrogens is 5. The second kappa shape index (κ2) is 10.5. The van der Waals surface area contributed by atoms with Crippen LogP contribution in [0.25, 0.3) is 0 Å². The smallest absolute Gasteiger partial charge is 0.232 e. The van der Waals surface area contributed by atoms with E-state index in [9.17, 15) is 0 Å². The number of thiocarbonyl (C=S) groups is 1. The van der Waals surface area contributed by atoms with Crippen molar-refractivity contribution in [3.63, 3.8) is 0 Å². The highest BCUT2D eigenvalue weighted by atomic mass is 32.2. The summed E-state index contributed by atoms with van der Waals surface area (Å²) in [4.78, 5) is 24.4. The molecule has 0 saturated carbocycles. The first-order valence-corrected chi connectivity index (χ1v) is 11.4. The molecule has 1 saturated heterocycles. The van der Waals surface area contributed by atoms with Crippen molar-refractivity contribution in [1.29, 1.82) is 0 Å². The third-order valence-electron chi connectivity index (χ3n) is 4.81. The number of nitrogens with one attached hydrogen (secondary N) is 2. The summed E-state index contributed by atoms with van der Waals surface area (Å²) in [6, 6.07) is 7.68. The first-order chi connectivity index (χ1) is 15.2. The zero-order valence-corrected chi connectivity index (χ0v) is 18.9. The van der Waals surface area contributed by atoms with Gasteiger partial charge in [-0.2, -0.15) is 4.98 Å². The van der Waals surface area contributed by atoms with E-state index in [2.05, 4.69) is 42.4 Å². The number of hydrogen-bond donors (Lipinski definition) is 2. The van der Waals surface area contributed by atoms with Gasteiger partial charge in [-0.05, 0) is 60.4 Å². The SMILES string of the molecule is CC1CCCN(c2cc(Sc3ncccn3)nc(NC(=S)NCc3cccnc3)n2)C1. The Morgan fingerprint density at radius 2 is 2.10 bits per heavy atom. The van der Waals surface area contributed by atoms with Gasteiger partial charge in [-0.25, -0.2) is 15.0 Å². The normalized spacial score (nSPS) is 16.0. The van der Waals surface area contributed by atoms with E-state index in [4.69, 9.17) is 17.2 Å². The molecule has 10 heteroatoms. The van der Waals surface area contributed by atoms with Gasteiger partial charge in [-0.3, -0.25) is 4.98 Å². The van der Waals surface area contributed by atoms with Crippen LogP contribution in [0.2, 0.25) is 0 Å². The second-order valence-electron chi connectivity index (χ2n) is 7.38. The van der Waals surface area contributed by atoms with Gasteiger partial charge in [-0.15, -0.1) is 0 Å². The topological polar surface area (TPSA) is 91.8 Å². The number of piperidine rings is 1. The van der Waals surface area contributed by atoms with Gasteiger partial charge in [0.05, 0.1) is 0 Å². The standard InChI is InChI=1S/C21H24N8S2/c1-15-5-3-10-29(14-15)17-11-18(31-21-23-8-4-9-24-21)27-19(26-17)28-20(30)25-13-16-6-2-7-22-12-16/h2,4,6-9,11-12,15H,3,5,10,13-14H2,1H3,(H2,25,26,27,28,30). The van der Waals surface area contributed by atoms with Gasteiger partial charge in [0.15, 0.2) is 10.3 Å². The molecule has 0 amide bonds. The van der Waals surface area contributed by atoms with Gasteiger partial charge in [0.25, 0.3) is 0 Å². The van der Waals surface area contributed by atoms with Gasteiger partial charge in [0, 0.05) is 50.5 Å². The van der Waals surface area contributed by atoms with E-state index in [0.717, 1.165) is 35.9 Å². The van der Waals surface area contributed by atoms with Crippen molar-refractivity contribution >= 4 is 40.9 Å². The zero-order chi connectivity index (χ0) is 21.5. The minimum Gasteiger partial charge on any atom is -0.358 e. The Labute approximate surface area is 191 Å². The maximum absolute atomic E-state index is 5.46. The van der Waals surface area contributed by atoms with E-state index in [1.807, 2.05) is 18.2 Å². The lowest BCUT2D eigenvalue weighted by atomic mass is 10.0. The quantitative estimate of drug-likeness (QED) is 0.329. The van der Waals surface area contributed by atoms with Gasteiger partial charge in [0.2, 0.25) is 5.95 Å². The number of pyridine rings is 1. The molecule has 1 fully saturated rings. The highest BCUT2D eigenvalue weighted by Crippen LogP contribution is 2.29. The zero-order valence-electron chi connectivity index (χ0n) is 17.2. The van der Waals surface area contributed by atoms with Gasteiger partial charge < -0.3 is 15.5 Å². The Bertz CT molecular complexity index is 1000. The molecule has 0 radical (unpaired) electrons. The van der Waals surface area contributed by atoms with Crippen LogP contribution in [-0.2, 0) is 6.54 Å². The molecule has 1 aliphatic heterocycles. The fourth-order valence-electron chi connectivity index (χ4n) is 3.34. The van der Waals surface area contributed by atoms with E-state index in [1.165, 1.54) is 18.2 Å². The van der Waals surface area contributed by atoms with Crippen LogP contribution >= 0.6 is 24.0 Å². The molecule has 1 aliphatic rings. The molecule has 1 atom stereocenters. The van der Waals surface area contributed by atoms with E-state index in [-0.39, 0.29) is 0 Å². The first kappa shape index (κ1) is 21.4. The number of hydrogen-bond acceptors (Lipinski definition) is 8. The summed E-state index contributed by atoms with van der Waals surface area (Å²) in [5.74, 6) is 1.98. The van der Waals surface area contributed by atoms with Crippen molar-refractivity contribution in [1.82, 2.24) is 30.2 Å². The first-order valence-electron chi connectivity index (χ1n) is 10.2. The largest absolute Gasteiger partial charge is 0.358 e. The molecule has 4 heterocycles. The Morgan fingerprint density at radius 1 is 1.23 bits per heavy atom. The maximum Gasteiger partial charge on any atom is 0.232 e. The number of rotatable bonds is 6. The van der Waals surface area contributed by atoms with E-state index < -0.39 is 0 Å². The van der Waals surface area contributed by atoms with Crippen LogP contribution in [0.15, 0.2) is 59.2 Å². The summed E-state index contributed by atoms with van der Waals surface area (Å²) in [6.45, 7) is 4.81. The lowest BCUT2D eigenvalue weighted by Crippen LogP contribution is -2.35. The van der Waals surface area contributed by atoms with Crippen molar-refractivity contribution in [2.24, 2.45) is 5.92 Å². The molecule has 160 valence electrons. The average Bonchev–Trinajstić information content (AvgIpc) is 2.79. The Morgan fingerprint density at radius 3 is 2.87 bits per heavy atom. The lowest BCUT2D eigenvalue weighted by Gasteiger charge is -2.32. The summed E-state index contributed by atoms with van der Waals surface area (Å²) < 4.78 is 0. The third kappa shape index (κ3) is 6.31. The van der Waals surface area contributed by atoms with Crippen molar-refractivity contribution in [3.8, 4) is 0 Å². The highest BCUT2D eigenvalue weighted by molar-refractivity contribution is 7.99. The third-order valence-corrected chi connectivity index (χ3v) is 5.87. The minimum absolute atomic E-state index is 0.456. The molecule has 8 nitrogen and oxygen atoms in total. The van der Waals surface area contributed by atoms with Crippen LogP contribution in [-0.4, -0.2) is 43.1 Å². The molecule has 0 spiro atoms. The summed E-state index contributed by atoms with van der Waals surface area (Å²) in [5.41, 5.74) is 1.04. The molecule has 2 N–H and O–H groups in total. The molecule has 4 rings (SSSR count). The summed E-state index contributed by atoms with van der Waals surface area (Å²) in [5, 5.41) is 8.17. The van der Waals surface area contributed by atoms with Gasteiger partial charge in [-0.1, -0.05) is 13.0 Å². The molecular weight excluding hydrogens is 428 g/mol. The van der Waals surface area contributed by atoms with Gasteiger partial charge >= 0.3 is 0 Å².